The van der Waals surface area contributed by atoms with Crippen LogP contribution in [0.25, 0.3) is 0 Å². The number of hydrogen-bond acceptors (Lipinski definition) is 4. The molecule has 2 N–H and O–H groups in total. The minimum absolute atomic E-state index is 0.148. The lowest BCUT2D eigenvalue weighted by Crippen LogP contribution is -2.42. The van der Waals surface area contributed by atoms with Crippen molar-refractivity contribution < 1.29 is 9.90 Å². The van der Waals surface area contributed by atoms with Crippen LogP contribution >= 0.6 is 11.6 Å². The van der Waals surface area contributed by atoms with E-state index < -0.39 is 6.10 Å². The molecule has 6 heteroatoms. The van der Waals surface area contributed by atoms with Gasteiger partial charge in [-0.25, -0.2) is 4.98 Å². The fourth-order valence-corrected chi connectivity index (χ4v) is 2.37. The van der Waals surface area contributed by atoms with Gasteiger partial charge in [0, 0.05) is 25.8 Å². The second kappa shape index (κ2) is 6.21. The van der Waals surface area contributed by atoms with E-state index in [0.717, 1.165) is 19.4 Å². The van der Waals surface area contributed by atoms with Gasteiger partial charge in [-0.3, -0.25) is 4.79 Å². The maximum absolute atomic E-state index is 12.4. The number of carbonyl (C=O) groups is 1. The molecule has 1 unspecified atom stereocenters. The van der Waals surface area contributed by atoms with Gasteiger partial charge in [-0.15, -0.1) is 0 Å². The lowest BCUT2D eigenvalue weighted by molar-refractivity contribution is 0.0474. The predicted molar refractivity (Wildman–Crippen MR) is 74.6 cm³/mol. The number of halogens is 1. The number of aliphatic hydroxyl groups excluding tert-OH is 1. The van der Waals surface area contributed by atoms with Crippen LogP contribution in [0, 0.1) is 0 Å². The molecule has 0 radical (unpaired) electrons. The fraction of sp³-hybridized carbons (Fsp3) is 0.538. The Bertz CT molecular complexity index is 467. The first-order chi connectivity index (χ1) is 9.11. The molecule has 1 aliphatic heterocycles. The van der Waals surface area contributed by atoms with Gasteiger partial charge in [0.25, 0.3) is 5.91 Å². The van der Waals surface area contributed by atoms with Crippen LogP contribution in [0.2, 0.25) is 5.02 Å². The highest BCUT2D eigenvalue weighted by Crippen LogP contribution is 2.21. The van der Waals surface area contributed by atoms with Crippen molar-refractivity contribution in [3.8, 4) is 0 Å². The van der Waals surface area contributed by atoms with Crippen molar-refractivity contribution in [2.75, 3.05) is 25.0 Å². The number of pyridine rings is 1. The normalized spacial score (nSPS) is 19.3. The summed E-state index contributed by atoms with van der Waals surface area (Å²) in [5.74, 6) is 0.484. The number of aliphatic hydroxyl groups is 1. The number of nitrogens with one attached hydrogen (secondary N) is 1. The van der Waals surface area contributed by atoms with Crippen molar-refractivity contribution >= 4 is 23.3 Å². The summed E-state index contributed by atoms with van der Waals surface area (Å²) in [7, 11) is 0. The van der Waals surface area contributed by atoms with Crippen molar-refractivity contribution in [1.82, 2.24) is 9.88 Å². The van der Waals surface area contributed by atoms with Crippen LogP contribution < -0.4 is 5.32 Å². The van der Waals surface area contributed by atoms with E-state index in [0.29, 0.717) is 29.5 Å². The fourth-order valence-electron chi connectivity index (χ4n) is 2.19. The van der Waals surface area contributed by atoms with Crippen LogP contribution in [0.15, 0.2) is 12.3 Å². The number of likely N-dealkylation sites (tertiary alicyclic amines) is 1. The molecule has 104 valence electrons. The Labute approximate surface area is 117 Å². The van der Waals surface area contributed by atoms with Crippen LogP contribution in [0.1, 0.15) is 30.1 Å². The van der Waals surface area contributed by atoms with Gasteiger partial charge in [-0.1, -0.05) is 11.6 Å². The van der Waals surface area contributed by atoms with Crippen molar-refractivity contribution in [1.29, 1.82) is 0 Å². The van der Waals surface area contributed by atoms with Gasteiger partial charge in [-0.2, -0.15) is 0 Å². The first-order valence-corrected chi connectivity index (χ1v) is 6.86. The third-order valence-corrected chi connectivity index (χ3v) is 3.43. The number of nitrogens with zero attached hydrogens (tertiary/aromatic N) is 2. The Hall–Kier alpha value is -1.33. The van der Waals surface area contributed by atoms with Crippen molar-refractivity contribution in [2.24, 2.45) is 0 Å². The van der Waals surface area contributed by atoms with E-state index in [4.69, 9.17) is 11.6 Å². The molecule has 1 atom stereocenters. The van der Waals surface area contributed by atoms with Crippen LogP contribution in [0.4, 0.5) is 5.82 Å². The number of carbonyl (C=O) groups excluding carboxylic acids is 1. The summed E-state index contributed by atoms with van der Waals surface area (Å²) in [6, 6.07) is 1.66. The minimum Gasteiger partial charge on any atom is -0.391 e. The van der Waals surface area contributed by atoms with E-state index in [1.54, 1.807) is 11.0 Å². The average molecular weight is 284 g/mol. The van der Waals surface area contributed by atoms with Crippen molar-refractivity contribution in [3.63, 3.8) is 0 Å². The first-order valence-electron chi connectivity index (χ1n) is 6.48. The number of anilines is 1. The number of aromatic nitrogens is 1. The molecule has 1 aromatic heterocycles. The summed E-state index contributed by atoms with van der Waals surface area (Å²) < 4.78 is 0. The Morgan fingerprint density at radius 1 is 1.68 bits per heavy atom. The molecular formula is C13H18ClN3O2. The van der Waals surface area contributed by atoms with Gasteiger partial charge in [-0.05, 0) is 25.8 Å². The topological polar surface area (TPSA) is 65.5 Å². The van der Waals surface area contributed by atoms with Crippen LogP contribution in [0.5, 0.6) is 0 Å². The highest BCUT2D eigenvalue weighted by atomic mass is 35.5. The average Bonchev–Trinajstić information content (AvgIpc) is 2.40. The maximum Gasteiger partial charge on any atom is 0.255 e. The Kier molecular flexibility index (Phi) is 4.61. The Morgan fingerprint density at radius 3 is 3.16 bits per heavy atom. The standard InChI is InChI=1S/C13H18ClN3O2/c1-2-15-12-6-10(11(14)7-16-12)13(19)17-5-3-4-9(18)8-17/h6-7,9,18H,2-5,8H2,1H3,(H,15,16). The van der Waals surface area contributed by atoms with Crippen molar-refractivity contribution in [3.05, 3.63) is 22.8 Å². The number of piperidine rings is 1. The predicted octanol–water partition coefficient (Wildman–Crippen LogP) is 1.76. The second-order valence-electron chi connectivity index (χ2n) is 4.63. The largest absolute Gasteiger partial charge is 0.391 e. The van der Waals surface area contributed by atoms with E-state index in [-0.39, 0.29) is 5.91 Å². The van der Waals surface area contributed by atoms with Crippen LogP contribution in [-0.2, 0) is 0 Å². The summed E-state index contributed by atoms with van der Waals surface area (Å²) >= 11 is 6.05. The van der Waals surface area contributed by atoms with Crippen LogP contribution in [-0.4, -0.2) is 46.6 Å². The van der Waals surface area contributed by atoms with E-state index >= 15 is 0 Å². The quantitative estimate of drug-likeness (QED) is 0.887. The maximum atomic E-state index is 12.4. The lowest BCUT2D eigenvalue weighted by atomic mass is 10.1. The monoisotopic (exact) mass is 283 g/mol. The van der Waals surface area contributed by atoms with Crippen molar-refractivity contribution in [2.45, 2.75) is 25.9 Å². The molecular weight excluding hydrogens is 266 g/mol. The number of amides is 1. The van der Waals surface area contributed by atoms with Crippen LogP contribution in [0.3, 0.4) is 0 Å². The third kappa shape index (κ3) is 3.36. The number of β-amino-alcohol motifs (C(OH)–C–C–N with tert-alkyl or cyclic N) is 1. The first kappa shape index (κ1) is 14.1. The molecule has 2 rings (SSSR count). The second-order valence-corrected chi connectivity index (χ2v) is 5.03. The molecule has 0 aromatic carbocycles. The highest BCUT2D eigenvalue weighted by Gasteiger charge is 2.24. The van der Waals surface area contributed by atoms with Gasteiger partial charge in [0.05, 0.1) is 16.7 Å². The molecule has 1 saturated heterocycles. The van der Waals surface area contributed by atoms with E-state index in [2.05, 4.69) is 10.3 Å². The summed E-state index contributed by atoms with van der Waals surface area (Å²) in [6.45, 7) is 3.71. The zero-order valence-electron chi connectivity index (χ0n) is 10.9. The Morgan fingerprint density at radius 2 is 2.47 bits per heavy atom. The molecule has 1 fully saturated rings. The molecule has 1 amide bonds. The highest BCUT2D eigenvalue weighted by molar-refractivity contribution is 6.33. The zero-order valence-corrected chi connectivity index (χ0v) is 11.7. The molecule has 19 heavy (non-hydrogen) atoms. The summed E-state index contributed by atoms with van der Waals surface area (Å²) in [6.07, 6.45) is 2.60. The van der Waals surface area contributed by atoms with Gasteiger partial charge in [0.15, 0.2) is 0 Å². The molecule has 2 heterocycles. The number of rotatable bonds is 3. The third-order valence-electron chi connectivity index (χ3n) is 3.13. The lowest BCUT2D eigenvalue weighted by Gasteiger charge is -2.30. The molecule has 5 nitrogen and oxygen atoms in total. The van der Waals surface area contributed by atoms with E-state index in [9.17, 15) is 9.90 Å². The van der Waals surface area contributed by atoms with Gasteiger partial charge < -0.3 is 15.3 Å². The van der Waals surface area contributed by atoms with E-state index in [1.807, 2.05) is 6.92 Å². The summed E-state index contributed by atoms with van der Waals surface area (Å²) in [4.78, 5) is 18.1. The molecule has 0 bridgehead atoms. The SMILES string of the molecule is CCNc1cc(C(=O)N2CCCC(O)C2)c(Cl)cn1. The number of hydrogen-bond donors (Lipinski definition) is 2. The molecule has 1 aliphatic rings. The van der Waals surface area contributed by atoms with Gasteiger partial charge in [0.2, 0.25) is 0 Å². The van der Waals surface area contributed by atoms with Gasteiger partial charge in [0.1, 0.15) is 5.82 Å². The molecule has 1 aromatic rings. The molecule has 0 aliphatic carbocycles. The molecule has 0 saturated carbocycles. The summed E-state index contributed by atoms with van der Waals surface area (Å²) in [5, 5.41) is 13.0. The van der Waals surface area contributed by atoms with E-state index in [1.165, 1.54) is 6.20 Å². The smallest absolute Gasteiger partial charge is 0.255 e. The van der Waals surface area contributed by atoms with Gasteiger partial charge >= 0.3 is 0 Å². The molecule has 0 spiro atoms. The minimum atomic E-state index is -0.438. The zero-order chi connectivity index (χ0) is 13.8. The summed E-state index contributed by atoms with van der Waals surface area (Å²) in [5.41, 5.74) is 0.432. The Balaban J connectivity index is 2.19.